The van der Waals surface area contributed by atoms with Crippen molar-refractivity contribution >= 4 is 17.9 Å². The average molecular weight is 419 g/mol. The van der Waals surface area contributed by atoms with Crippen LogP contribution in [0.25, 0.3) is 0 Å². The maximum absolute atomic E-state index is 12.2. The molecular formula is C21H29N3O6. The van der Waals surface area contributed by atoms with Crippen LogP contribution in [0, 0.1) is 0 Å². The molecule has 3 rings (SSSR count). The lowest BCUT2D eigenvalue weighted by Crippen LogP contribution is -2.50. The van der Waals surface area contributed by atoms with Crippen LogP contribution in [-0.2, 0) is 14.3 Å². The maximum atomic E-state index is 12.2. The molecule has 164 valence electrons. The Morgan fingerprint density at radius 2 is 1.53 bits per heavy atom. The first-order chi connectivity index (χ1) is 14.3. The molecule has 0 saturated carbocycles. The van der Waals surface area contributed by atoms with Crippen molar-refractivity contribution in [3.05, 3.63) is 35.4 Å². The van der Waals surface area contributed by atoms with Crippen molar-refractivity contribution in [2.45, 2.75) is 26.4 Å². The Hall–Kier alpha value is -2.49. The fraction of sp³-hybridized carbons (Fsp3) is 0.571. The first-order valence-corrected chi connectivity index (χ1v) is 10.1. The molecule has 1 saturated heterocycles. The van der Waals surface area contributed by atoms with Crippen LogP contribution < -0.4 is 0 Å². The minimum Gasteiger partial charge on any atom is -0.444 e. The van der Waals surface area contributed by atoms with Gasteiger partial charge < -0.3 is 14.4 Å². The van der Waals surface area contributed by atoms with Gasteiger partial charge in [-0.2, -0.15) is 0 Å². The first kappa shape index (κ1) is 22.2. The van der Waals surface area contributed by atoms with Gasteiger partial charge in [0.1, 0.15) is 5.60 Å². The lowest BCUT2D eigenvalue weighted by molar-refractivity contribution is -0.106. The second-order valence-electron chi connectivity index (χ2n) is 8.20. The SMILES string of the molecule is CC(C)(C)OC(=O)N1CCN(CCOCCON2C(=O)c3ccccc3C2=O)CC1. The van der Waals surface area contributed by atoms with Crippen molar-refractivity contribution in [2.75, 3.05) is 52.5 Å². The Bertz CT molecular complexity index is 748. The summed E-state index contributed by atoms with van der Waals surface area (Å²) in [4.78, 5) is 45.7. The third-order valence-corrected chi connectivity index (χ3v) is 4.78. The van der Waals surface area contributed by atoms with E-state index in [9.17, 15) is 14.4 Å². The molecule has 0 aliphatic carbocycles. The fourth-order valence-corrected chi connectivity index (χ4v) is 3.25. The summed E-state index contributed by atoms with van der Waals surface area (Å²) in [6, 6.07) is 6.64. The second-order valence-corrected chi connectivity index (χ2v) is 8.20. The number of piperazine rings is 1. The van der Waals surface area contributed by atoms with Crippen molar-refractivity contribution in [3.63, 3.8) is 0 Å². The van der Waals surface area contributed by atoms with Crippen LogP contribution >= 0.6 is 0 Å². The summed E-state index contributed by atoms with van der Waals surface area (Å²) < 4.78 is 11.0. The van der Waals surface area contributed by atoms with Crippen LogP contribution in [0.4, 0.5) is 4.79 Å². The van der Waals surface area contributed by atoms with Crippen LogP contribution in [0.5, 0.6) is 0 Å². The lowest BCUT2D eigenvalue weighted by atomic mass is 10.1. The Morgan fingerprint density at radius 3 is 2.10 bits per heavy atom. The summed E-state index contributed by atoms with van der Waals surface area (Å²) in [6.45, 7) is 9.94. The molecule has 0 atom stereocenters. The molecule has 1 fully saturated rings. The largest absolute Gasteiger partial charge is 0.444 e. The standard InChI is InChI=1S/C21H29N3O6/c1-21(2,3)30-20(27)23-10-8-22(9-11-23)12-13-28-14-15-29-24-18(25)16-6-4-5-7-17(16)19(24)26/h4-7H,8-15H2,1-3H3. The molecule has 1 aromatic rings. The van der Waals surface area contributed by atoms with Gasteiger partial charge >= 0.3 is 6.09 Å². The van der Waals surface area contributed by atoms with Crippen molar-refractivity contribution in [1.82, 2.24) is 14.9 Å². The Labute approximate surface area is 176 Å². The van der Waals surface area contributed by atoms with Gasteiger partial charge in [-0.3, -0.25) is 19.3 Å². The first-order valence-electron chi connectivity index (χ1n) is 10.1. The van der Waals surface area contributed by atoms with Gasteiger partial charge in [0, 0.05) is 32.7 Å². The van der Waals surface area contributed by atoms with Crippen LogP contribution in [0.1, 0.15) is 41.5 Å². The van der Waals surface area contributed by atoms with E-state index in [1.807, 2.05) is 20.8 Å². The van der Waals surface area contributed by atoms with E-state index in [1.165, 1.54) is 0 Å². The highest BCUT2D eigenvalue weighted by Gasteiger charge is 2.36. The summed E-state index contributed by atoms with van der Waals surface area (Å²) in [6.07, 6.45) is -0.274. The molecule has 0 radical (unpaired) electrons. The monoisotopic (exact) mass is 419 g/mol. The van der Waals surface area contributed by atoms with E-state index in [-0.39, 0.29) is 19.3 Å². The minimum absolute atomic E-state index is 0.109. The molecule has 3 amide bonds. The molecule has 0 spiro atoms. The normalized spacial score (nSPS) is 17.4. The van der Waals surface area contributed by atoms with Crippen molar-refractivity contribution in [1.29, 1.82) is 0 Å². The van der Waals surface area contributed by atoms with Gasteiger partial charge in [-0.05, 0) is 32.9 Å². The third kappa shape index (κ3) is 5.56. The molecule has 9 heteroatoms. The highest BCUT2D eigenvalue weighted by Crippen LogP contribution is 2.22. The van der Waals surface area contributed by atoms with E-state index >= 15 is 0 Å². The maximum Gasteiger partial charge on any atom is 0.410 e. The van der Waals surface area contributed by atoms with Gasteiger partial charge in [-0.25, -0.2) is 4.79 Å². The van der Waals surface area contributed by atoms with E-state index in [4.69, 9.17) is 14.3 Å². The van der Waals surface area contributed by atoms with Crippen molar-refractivity contribution in [3.8, 4) is 0 Å². The van der Waals surface area contributed by atoms with Gasteiger partial charge in [0.25, 0.3) is 11.8 Å². The van der Waals surface area contributed by atoms with Crippen LogP contribution in [0.3, 0.4) is 0 Å². The zero-order chi connectivity index (χ0) is 21.7. The van der Waals surface area contributed by atoms with Crippen LogP contribution in [-0.4, -0.2) is 90.9 Å². The van der Waals surface area contributed by atoms with Gasteiger partial charge in [0.15, 0.2) is 0 Å². The molecular weight excluding hydrogens is 390 g/mol. The third-order valence-electron chi connectivity index (χ3n) is 4.78. The summed E-state index contributed by atoms with van der Waals surface area (Å²) in [5.74, 6) is -0.892. The molecule has 2 heterocycles. The number of hydrogen-bond donors (Lipinski definition) is 0. The predicted octanol–water partition coefficient (Wildman–Crippen LogP) is 1.78. The highest BCUT2D eigenvalue weighted by atomic mass is 16.7. The van der Waals surface area contributed by atoms with E-state index in [0.29, 0.717) is 30.8 Å². The van der Waals surface area contributed by atoms with E-state index in [0.717, 1.165) is 24.7 Å². The number of hydroxylamine groups is 2. The molecule has 0 unspecified atom stereocenters. The molecule has 0 bridgehead atoms. The molecule has 1 aromatic carbocycles. The Morgan fingerprint density at radius 1 is 0.933 bits per heavy atom. The summed E-state index contributed by atoms with van der Waals surface area (Å²) in [7, 11) is 0. The van der Waals surface area contributed by atoms with Crippen LogP contribution in [0.15, 0.2) is 24.3 Å². The number of rotatable bonds is 7. The minimum atomic E-state index is -0.489. The lowest BCUT2D eigenvalue weighted by Gasteiger charge is -2.35. The zero-order valence-electron chi connectivity index (χ0n) is 17.8. The number of imide groups is 1. The number of fused-ring (bicyclic) bond motifs is 1. The zero-order valence-corrected chi connectivity index (χ0v) is 17.8. The second kappa shape index (κ2) is 9.55. The van der Waals surface area contributed by atoms with Gasteiger partial charge in [0.2, 0.25) is 0 Å². The Balaban J connectivity index is 1.28. The van der Waals surface area contributed by atoms with Gasteiger partial charge in [-0.15, -0.1) is 5.06 Å². The quantitative estimate of drug-likeness (QED) is 0.492. The topological polar surface area (TPSA) is 88.6 Å². The summed E-state index contributed by atoms with van der Waals surface area (Å²) in [5.41, 5.74) is 0.222. The number of carbonyl (C=O) groups excluding carboxylic acids is 3. The molecule has 2 aliphatic heterocycles. The smallest absolute Gasteiger partial charge is 0.410 e. The van der Waals surface area contributed by atoms with E-state index in [1.54, 1.807) is 29.2 Å². The number of hydrogen-bond acceptors (Lipinski definition) is 7. The average Bonchev–Trinajstić information content (AvgIpc) is 2.94. The Kier molecular flexibility index (Phi) is 7.06. The molecule has 30 heavy (non-hydrogen) atoms. The van der Waals surface area contributed by atoms with Crippen molar-refractivity contribution in [2.24, 2.45) is 0 Å². The van der Waals surface area contributed by atoms with Crippen molar-refractivity contribution < 1.29 is 28.7 Å². The molecule has 9 nitrogen and oxygen atoms in total. The van der Waals surface area contributed by atoms with E-state index in [2.05, 4.69) is 4.90 Å². The fourth-order valence-electron chi connectivity index (χ4n) is 3.25. The van der Waals surface area contributed by atoms with Gasteiger partial charge in [-0.1, -0.05) is 12.1 Å². The number of carbonyl (C=O) groups is 3. The molecule has 0 aromatic heterocycles. The summed E-state index contributed by atoms with van der Waals surface area (Å²) in [5, 5.41) is 0.796. The molecule has 2 aliphatic rings. The summed E-state index contributed by atoms with van der Waals surface area (Å²) >= 11 is 0. The van der Waals surface area contributed by atoms with Crippen LogP contribution in [0.2, 0.25) is 0 Å². The predicted molar refractivity (Wildman–Crippen MR) is 108 cm³/mol. The van der Waals surface area contributed by atoms with E-state index < -0.39 is 17.4 Å². The number of nitrogens with zero attached hydrogens (tertiary/aromatic N) is 3. The highest BCUT2D eigenvalue weighted by molar-refractivity contribution is 6.20. The molecule has 0 N–H and O–H groups in total. The van der Waals surface area contributed by atoms with Gasteiger partial charge in [0.05, 0.1) is 30.9 Å². The number of amides is 3. The number of ether oxygens (including phenoxy) is 2. The number of benzene rings is 1.